The van der Waals surface area contributed by atoms with Crippen LogP contribution < -0.4 is 5.32 Å². The smallest absolute Gasteiger partial charge is 0.490 e. The molecule has 7 heteroatoms. The van der Waals surface area contributed by atoms with Gasteiger partial charge < -0.3 is 9.84 Å². The minimum absolute atomic E-state index is 0.0246. The highest BCUT2D eigenvalue weighted by atomic mass is 19.4. The Kier molecular flexibility index (Phi) is 3.16. The molecule has 1 atom stereocenters. The Balaban J connectivity index is 2.21. The maximum Gasteiger partial charge on any atom is 0.490 e. The number of hydrogen-bond donors (Lipinski definition) is 2. The largest absolute Gasteiger partial charge is 0.508 e. The number of aromatic hydroxyl groups is 1. The molecule has 1 heterocycles. The Labute approximate surface area is 100 Å². The van der Waals surface area contributed by atoms with Crippen molar-refractivity contribution in [3.8, 4) is 5.75 Å². The second-order valence-corrected chi connectivity index (χ2v) is 3.87. The van der Waals surface area contributed by atoms with Gasteiger partial charge in [-0.15, -0.1) is 0 Å². The molecular formula is C11H10F3NO3. The van der Waals surface area contributed by atoms with Gasteiger partial charge in [0.25, 0.3) is 0 Å². The number of esters is 1. The van der Waals surface area contributed by atoms with E-state index in [2.05, 4.69) is 10.1 Å². The summed E-state index contributed by atoms with van der Waals surface area (Å²) in [6, 6.07) is 4.22. The summed E-state index contributed by atoms with van der Waals surface area (Å²) < 4.78 is 40.7. The van der Waals surface area contributed by atoms with Gasteiger partial charge in [-0.3, -0.25) is 5.32 Å². The number of rotatable bonds is 1. The Morgan fingerprint density at radius 3 is 2.83 bits per heavy atom. The van der Waals surface area contributed by atoms with Crippen LogP contribution in [0.5, 0.6) is 5.75 Å². The number of hydrogen-bond acceptors (Lipinski definition) is 4. The van der Waals surface area contributed by atoms with Crippen molar-refractivity contribution in [3.63, 3.8) is 0 Å². The number of alkyl halides is 3. The molecule has 0 saturated heterocycles. The van der Waals surface area contributed by atoms with Gasteiger partial charge in [0.2, 0.25) is 0 Å². The average molecular weight is 261 g/mol. The number of ether oxygens (including phenoxy) is 1. The van der Waals surface area contributed by atoms with E-state index in [9.17, 15) is 23.1 Å². The Bertz CT molecular complexity index is 473. The topological polar surface area (TPSA) is 58.6 Å². The molecule has 0 spiro atoms. The number of benzene rings is 1. The molecule has 1 aliphatic rings. The number of phenols is 1. The first-order valence-electron chi connectivity index (χ1n) is 5.21. The molecule has 1 aliphatic heterocycles. The number of phenolic OH excluding ortho intramolecular Hbond substituents is 1. The van der Waals surface area contributed by atoms with E-state index in [4.69, 9.17) is 0 Å². The number of fused-ring (bicyclic) bond motifs is 1. The fourth-order valence-corrected chi connectivity index (χ4v) is 1.79. The number of carbonyl (C=O) groups excluding carboxylic acids is 1. The summed E-state index contributed by atoms with van der Waals surface area (Å²) in [6.07, 6.45) is -5.61. The fraction of sp³-hybridized carbons (Fsp3) is 0.364. The first-order chi connectivity index (χ1) is 8.38. The zero-order chi connectivity index (χ0) is 13.3. The summed E-state index contributed by atoms with van der Waals surface area (Å²) in [4.78, 5) is 10.8. The molecular weight excluding hydrogens is 251 g/mol. The molecule has 0 fully saturated rings. The Morgan fingerprint density at radius 1 is 1.44 bits per heavy atom. The number of halogens is 3. The maximum atomic E-state index is 12.1. The third kappa shape index (κ3) is 2.56. The minimum atomic E-state index is -5.02. The molecule has 18 heavy (non-hydrogen) atoms. The molecule has 2 N–H and O–H groups in total. The summed E-state index contributed by atoms with van der Waals surface area (Å²) in [6.45, 7) is 0.367. The van der Waals surface area contributed by atoms with Gasteiger partial charge in [-0.2, -0.15) is 13.2 Å². The first-order valence-corrected chi connectivity index (χ1v) is 5.21. The summed E-state index contributed by atoms with van der Waals surface area (Å²) in [5, 5.41) is 12.0. The van der Waals surface area contributed by atoms with Crippen LogP contribution in [0, 0.1) is 0 Å². The van der Waals surface area contributed by atoms with E-state index in [1.807, 2.05) is 0 Å². The van der Waals surface area contributed by atoms with Crippen molar-refractivity contribution >= 4 is 5.97 Å². The van der Waals surface area contributed by atoms with Crippen LogP contribution in [0.4, 0.5) is 13.2 Å². The van der Waals surface area contributed by atoms with E-state index in [-0.39, 0.29) is 5.75 Å². The Morgan fingerprint density at radius 2 is 2.17 bits per heavy atom. The molecule has 0 amide bonds. The lowest BCUT2D eigenvalue weighted by Crippen LogP contribution is -2.36. The van der Waals surface area contributed by atoms with Crippen molar-refractivity contribution in [3.05, 3.63) is 29.3 Å². The number of nitrogens with one attached hydrogen (secondary N) is 1. The van der Waals surface area contributed by atoms with Crippen molar-refractivity contribution in [1.82, 2.24) is 5.32 Å². The van der Waals surface area contributed by atoms with E-state index in [1.165, 1.54) is 18.2 Å². The summed E-state index contributed by atoms with van der Waals surface area (Å²) in [5.74, 6) is -2.21. The fourth-order valence-electron chi connectivity index (χ4n) is 1.79. The van der Waals surface area contributed by atoms with Gasteiger partial charge in [-0.05, 0) is 30.2 Å². The molecule has 0 aromatic heterocycles. The van der Waals surface area contributed by atoms with Crippen molar-refractivity contribution < 1.29 is 27.8 Å². The second-order valence-electron chi connectivity index (χ2n) is 3.87. The molecule has 98 valence electrons. The second kappa shape index (κ2) is 4.49. The predicted octanol–water partition coefficient (Wildman–Crippen LogP) is 1.64. The van der Waals surface area contributed by atoms with E-state index in [0.29, 0.717) is 24.1 Å². The summed E-state index contributed by atoms with van der Waals surface area (Å²) >= 11 is 0. The van der Waals surface area contributed by atoms with Gasteiger partial charge >= 0.3 is 12.1 Å². The zero-order valence-corrected chi connectivity index (χ0v) is 9.12. The third-order valence-electron chi connectivity index (χ3n) is 2.59. The molecule has 1 aromatic carbocycles. The lowest BCUT2D eigenvalue weighted by Gasteiger charge is -2.26. The van der Waals surface area contributed by atoms with Crippen LogP contribution in [0.2, 0.25) is 0 Å². The van der Waals surface area contributed by atoms with Gasteiger partial charge in [0.1, 0.15) is 5.75 Å². The van der Waals surface area contributed by atoms with Gasteiger partial charge in [-0.1, -0.05) is 0 Å². The van der Waals surface area contributed by atoms with Gasteiger partial charge in [0, 0.05) is 12.1 Å². The molecule has 0 aliphatic carbocycles. The van der Waals surface area contributed by atoms with Gasteiger partial charge in [-0.25, -0.2) is 4.79 Å². The van der Waals surface area contributed by atoms with Crippen LogP contribution in [-0.4, -0.2) is 23.8 Å². The standard InChI is InChI=1S/C11H10F3NO3/c12-11(13,14)10(17)18-9-8-2-1-7(16)5-6(8)3-4-15-9/h1-2,5,9,15-16H,3-4H2. The maximum absolute atomic E-state index is 12.1. The number of carbonyl (C=O) groups is 1. The average Bonchev–Trinajstić information content (AvgIpc) is 2.27. The van der Waals surface area contributed by atoms with E-state index >= 15 is 0 Å². The highest BCUT2D eigenvalue weighted by molar-refractivity contribution is 5.76. The predicted molar refractivity (Wildman–Crippen MR) is 54.7 cm³/mol. The van der Waals surface area contributed by atoms with Crippen LogP contribution in [0.1, 0.15) is 17.4 Å². The van der Waals surface area contributed by atoms with Crippen LogP contribution in [0.3, 0.4) is 0 Å². The van der Waals surface area contributed by atoms with Crippen LogP contribution in [0.15, 0.2) is 18.2 Å². The monoisotopic (exact) mass is 261 g/mol. The normalized spacial score (nSPS) is 19.2. The SMILES string of the molecule is O=C(OC1NCCc2cc(O)ccc21)C(F)(F)F. The summed E-state index contributed by atoms with van der Waals surface area (Å²) in [7, 11) is 0. The lowest BCUT2D eigenvalue weighted by atomic mass is 9.99. The van der Waals surface area contributed by atoms with Gasteiger partial charge in [0.05, 0.1) is 0 Å². The van der Waals surface area contributed by atoms with Crippen LogP contribution >= 0.6 is 0 Å². The van der Waals surface area contributed by atoms with E-state index in [0.717, 1.165) is 0 Å². The van der Waals surface area contributed by atoms with E-state index in [1.54, 1.807) is 0 Å². The summed E-state index contributed by atoms with van der Waals surface area (Å²) in [5.41, 5.74) is 1.09. The van der Waals surface area contributed by atoms with Crippen molar-refractivity contribution in [2.45, 2.75) is 18.8 Å². The highest BCUT2D eigenvalue weighted by Crippen LogP contribution is 2.29. The molecule has 4 nitrogen and oxygen atoms in total. The zero-order valence-electron chi connectivity index (χ0n) is 9.12. The van der Waals surface area contributed by atoms with Gasteiger partial charge in [0.15, 0.2) is 6.23 Å². The van der Waals surface area contributed by atoms with Crippen molar-refractivity contribution in [2.24, 2.45) is 0 Å². The van der Waals surface area contributed by atoms with Crippen molar-refractivity contribution in [2.75, 3.05) is 6.54 Å². The van der Waals surface area contributed by atoms with Crippen LogP contribution in [-0.2, 0) is 16.0 Å². The Hall–Kier alpha value is -1.76. The molecule has 1 unspecified atom stereocenters. The quantitative estimate of drug-likeness (QED) is 0.754. The van der Waals surface area contributed by atoms with Crippen LogP contribution in [0.25, 0.3) is 0 Å². The lowest BCUT2D eigenvalue weighted by molar-refractivity contribution is -0.207. The van der Waals surface area contributed by atoms with Crippen molar-refractivity contribution in [1.29, 1.82) is 0 Å². The third-order valence-corrected chi connectivity index (χ3v) is 2.59. The molecule has 2 rings (SSSR count). The highest BCUT2D eigenvalue weighted by Gasteiger charge is 2.43. The minimum Gasteiger partial charge on any atom is -0.508 e. The molecule has 0 saturated carbocycles. The first kappa shape index (κ1) is 12.7. The molecule has 1 aromatic rings. The van der Waals surface area contributed by atoms with E-state index < -0.39 is 18.4 Å². The molecule has 0 radical (unpaired) electrons. The molecule has 0 bridgehead atoms.